The molecule has 2 rings (SSSR count). The lowest BCUT2D eigenvalue weighted by molar-refractivity contribution is 0.0779. The van der Waals surface area contributed by atoms with E-state index in [1.807, 2.05) is 12.3 Å². The van der Waals surface area contributed by atoms with Crippen LogP contribution in [0.15, 0.2) is 12.3 Å². The number of likely N-dealkylation sites (N-methyl/N-ethyl adjacent to an activating group) is 1. The molecule has 5 nitrogen and oxygen atoms in total. The molecule has 2 heterocycles. The molecular weight excluding hydrogens is 242 g/mol. The van der Waals surface area contributed by atoms with Crippen molar-refractivity contribution >= 4 is 0 Å². The number of hydrogen-bond donors (Lipinski definition) is 1. The molecule has 1 atom stereocenters. The number of hydrogen-bond acceptors (Lipinski definition) is 5. The Morgan fingerprint density at radius 1 is 1.53 bits per heavy atom. The number of rotatable bonds is 6. The van der Waals surface area contributed by atoms with Gasteiger partial charge in [-0.25, -0.2) is 9.97 Å². The Hall–Kier alpha value is -1.04. The summed E-state index contributed by atoms with van der Waals surface area (Å²) in [5.74, 6) is 1.24. The standard InChI is InChI=1S/C14H23N3O2/c1-2-17(7-8-18)10-13-5-6-15-14(16-13)12-4-3-9-19-11-12/h5-6,12,18H,2-4,7-11H2,1H3/t12-/m0/s1. The van der Waals surface area contributed by atoms with Crippen LogP contribution in [0, 0.1) is 0 Å². The summed E-state index contributed by atoms with van der Waals surface area (Å²) in [5.41, 5.74) is 1.02. The molecule has 0 spiro atoms. The number of aliphatic hydroxyl groups excluding tert-OH is 1. The van der Waals surface area contributed by atoms with Gasteiger partial charge in [-0.1, -0.05) is 6.92 Å². The van der Waals surface area contributed by atoms with Gasteiger partial charge in [0.2, 0.25) is 0 Å². The van der Waals surface area contributed by atoms with Crippen LogP contribution >= 0.6 is 0 Å². The van der Waals surface area contributed by atoms with Crippen LogP contribution in [0.4, 0.5) is 0 Å². The summed E-state index contributed by atoms with van der Waals surface area (Å²) in [6.07, 6.45) is 4.03. The maximum absolute atomic E-state index is 9.01. The average molecular weight is 265 g/mol. The molecule has 1 aromatic heterocycles. The van der Waals surface area contributed by atoms with E-state index in [1.165, 1.54) is 0 Å². The molecule has 1 saturated heterocycles. The van der Waals surface area contributed by atoms with Crippen molar-refractivity contribution in [2.75, 3.05) is 32.9 Å². The summed E-state index contributed by atoms with van der Waals surface area (Å²) in [6.45, 7) is 6.22. The predicted octanol–water partition coefficient (Wildman–Crippen LogP) is 1.18. The minimum Gasteiger partial charge on any atom is -0.395 e. The lowest BCUT2D eigenvalue weighted by Gasteiger charge is -2.22. The SMILES string of the molecule is CCN(CCO)Cc1ccnc([C@H]2CCCOC2)n1. The monoisotopic (exact) mass is 265 g/mol. The van der Waals surface area contributed by atoms with E-state index in [0.717, 1.165) is 50.7 Å². The molecule has 1 aliphatic rings. The van der Waals surface area contributed by atoms with Gasteiger partial charge in [0.25, 0.3) is 0 Å². The van der Waals surface area contributed by atoms with E-state index in [4.69, 9.17) is 9.84 Å². The second kappa shape index (κ2) is 7.53. The molecule has 19 heavy (non-hydrogen) atoms. The van der Waals surface area contributed by atoms with Gasteiger partial charge in [-0.05, 0) is 25.5 Å². The minimum absolute atomic E-state index is 0.183. The summed E-state index contributed by atoms with van der Waals surface area (Å²) < 4.78 is 5.49. The lowest BCUT2D eigenvalue weighted by atomic mass is 10.0. The summed E-state index contributed by atoms with van der Waals surface area (Å²) in [5, 5.41) is 9.01. The fourth-order valence-electron chi connectivity index (χ4n) is 2.36. The molecule has 1 aliphatic heterocycles. The molecular formula is C14H23N3O2. The van der Waals surface area contributed by atoms with Gasteiger partial charge in [0.15, 0.2) is 0 Å². The van der Waals surface area contributed by atoms with E-state index in [-0.39, 0.29) is 6.61 Å². The van der Waals surface area contributed by atoms with Gasteiger partial charge in [0.05, 0.1) is 18.9 Å². The van der Waals surface area contributed by atoms with Crippen molar-refractivity contribution < 1.29 is 9.84 Å². The van der Waals surface area contributed by atoms with Crippen molar-refractivity contribution in [3.8, 4) is 0 Å². The van der Waals surface area contributed by atoms with Gasteiger partial charge in [-0.3, -0.25) is 4.90 Å². The summed E-state index contributed by atoms with van der Waals surface area (Å²) in [7, 11) is 0. The molecule has 1 aromatic rings. The van der Waals surface area contributed by atoms with E-state index in [9.17, 15) is 0 Å². The predicted molar refractivity (Wildman–Crippen MR) is 72.9 cm³/mol. The van der Waals surface area contributed by atoms with Gasteiger partial charge >= 0.3 is 0 Å². The Balaban J connectivity index is 2.01. The molecule has 0 aromatic carbocycles. The highest BCUT2D eigenvalue weighted by Crippen LogP contribution is 2.22. The molecule has 1 N–H and O–H groups in total. The first-order valence-electron chi connectivity index (χ1n) is 7.06. The van der Waals surface area contributed by atoms with Crippen LogP contribution in [0.3, 0.4) is 0 Å². The highest BCUT2D eigenvalue weighted by atomic mass is 16.5. The van der Waals surface area contributed by atoms with Crippen LogP contribution in [-0.2, 0) is 11.3 Å². The van der Waals surface area contributed by atoms with Gasteiger partial charge in [-0.2, -0.15) is 0 Å². The largest absolute Gasteiger partial charge is 0.395 e. The Kier molecular flexibility index (Phi) is 5.69. The quantitative estimate of drug-likeness (QED) is 0.837. The van der Waals surface area contributed by atoms with E-state index in [1.54, 1.807) is 0 Å². The number of aromatic nitrogens is 2. The van der Waals surface area contributed by atoms with Crippen molar-refractivity contribution in [1.82, 2.24) is 14.9 Å². The van der Waals surface area contributed by atoms with Gasteiger partial charge in [0.1, 0.15) is 5.82 Å². The van der Waals surface area contributed by atoms with Crippen molar-refractivity contribution in [3.63, 3.8) is 0 Å². The molecule has 5 heteroatoms. The first kappa shape index (κ1) is 14.4. The van der Waals surface area contributed by atoms with Crippen LogP contribution in [-0.4, -0.2) is 52.9 Å². The highest BCUT2D eigenvalue weighted by molar-refractivity contribution is 5.06. The van der Waals surface area contributed by atoms with Crippen LogP contribution in [0.1, 0.15) is 37.2 Å². The Morgan fingerprint density at radius 2 is 2.42 bits per heavy atom. The Bertz CT molecular complexity index is 381. The third-order valence-electron chi connectivity index (χ3n) is 3.51. The third-order valence-corrected chi connectivity index (χ3v) is 3.51. The molecule has 0 saturated carbocycles. The molecule has 0 bridgehead atoms. The molecule has 0 radical (unpaired) electrons. The summed E-state index contributed by atoms with van der Waals surface area (Å²) in [4.78, 5) is 11.2. The van der Waals surface area contributed by atoms with Gasteiger partial charge in [0, 0.05) is 31.8 Å². The van der Waals surface area contributed by atoms with Crippen LogP contribution in [0.5, 0.6) is 0 Å². The van der Waals surface area contributed by atoms with E-state index in [2.05, 4.69) is 21.8 Å². The maximum Gasteiger partial charge on any atom is 0.133 e. The smallest absolute Gasteiger partial charge is 0.133 e. The van der Waals surface area contributed by atoms with E-state index in [0.29, 0.717) is 12.5 Å². The third kappa shape index (κ3) is 4.23. The van der Waals surface area contributed by atoms with Gasteiger partial charge in [-0.15, -0.1) is 0 Å². The van der Waals surface area contributed by atoms with Crippen LogP contribution < -0.4 is 0 Å². The Labute approximate surface area is 114 Å². The summed E-state index contributed by atoms with van der Waals surface area (Å²) >= 11 is 0. The fourth-order valence-corrected chi connectivity index (χ4v) is 2.36. The second-order valence-electron chi connectivity index (χ2n) is 4.91. The average Bonchev–Trinajstić information content (AvgIpc) is 2.48. The van der Waals surface area contributed by atoms with E-state index < -0.39 is 0 Å². The number of nitrogens with zero attached hydrogens (tertiary/aromatic N) is 3. The van der Waals surface area contributed by atoms with Crippen LogP contribution in [0.25, 0.3) is 0 Å². The normalized spacial score (nSPS) is 19.8. The maximum atomic E-state index is 9.01. The molecule has 1 fully saturated rings. The zero-order chi connectivity index (χ0) is 13.5. The van der Waals surface area contributed by atoms with E-state index >= 15 is 0 Å². The first-order valence-corrected chi connectivity index (χ1v) is 7.06. The zero-order valence-electron chi connectivity index (χ0n) is 11.6. The molecule has 0 unspecified atom stereocenters. The van der Waals surface area contributed by atoms with Gasteiger partial charge < -0.3 is 9.84 Å². The molecule has 106 valence electrons. The van der Waals surface area contributed by atoms with Crippen molar-refractivity contribution in [1.29, 1.82) is 0 Å². The number of aliphatic hydroxyl groups is 1. The fraction of sp³-hybridized carbons (Fsp3) is 0.714. The lowest BCUT2D eigenvalue weighted by Crippen LogP contribution is -2.27. The van der Waals surface area contributed by atoms with Crippen LogP contribution in [0.2, 0.25) is 0 Å². The van der Waals surface area contributed by atoms with Crippen molar-refractivity contribution in [3.05, 3.63) is 23.8 Å². The second-order valence-corrected chi connectivity index (χ2v) is 4.91. The van der Waals surface area contributed by atoms with Crippen molar-refractivity contribution in [2.24, 2.45) is 0 Å². The topological polar surface area (TPSA) is 58.5 Å². The molecule has 0 aliphatic carbocycles. The highest BCUT2D eigenvalue weighted by Gasteiger charge is 2.19. The minimum atomic E-state index is 0.183. The molecule has 0 amide bonds. The Morgan fingerprint density at radius 3 is 3.11 bits per heavy atom. The zero-order valence-corrected chi connectivity index (χ0v) is 11.6. The first-order chi connectivity index (χ1) is 9.33. The number of ether oxygens (including phenoxy) is 1. The van der Waals surface area contributed by atoms with Crippen molar-refractivity contribution in [2.45, 2.75) is 32.2 Å². The summed E-state index contributed by atoms with van der Waals surface area (Å²) in [6, 6.07) is 1.95.